The first-order valence-electron chi connectivity index (χ1n) is 5.70. The summed E-state index contributed by atoms with van der Waals surface area (Å²) in [5, 5.41) is 10.8. The zero-order chi connectivity index (χ0) is 13.1. The molecule has 2 rings (SSSR count). The molecule has 0 saturated heterocycles. The number of benzene rings is 2. The number of hydrogen-bond acceptors (Lipinski definition) is 2. The number of methoxy groups -OCH3 is 1. The van der Waals surface area contributed by atoms with Crippen LogP contribution in [0.5, 0.6) is 5.75 Å². The summed E-state index contributed by atoms with van der Waals surface area (Å²) in [6.07, 6.45) is -0.719. The Morgan fingerprint density at radius 3 is 2.44 bits per heavy atom. The monoisotopic (exact) mass is 262 g/mol. The SMILES string of the molecule is COc1cc(Cl)c(C(O)c2ccccc2)cc1C. The molecular formula is C15H15ClO2. The molecule has 0 aliphatic rings. The van der Waals surface area contributed by atoms with Crippen molar-refractivity contribution in [1.82, 2.24) is 0 Å². The van der Waals surface area contributed by atoms with Gasteiger partial charge in [0.25, 0.3) is 0 Å². The Balaban J connectivity index is 2.43. The van der Waals surface area contributed by atoms with Gasteiger partial charge in [-0.1, -0.05) is 41.9 Å². The van der Waals surface area contributed by atoms with Crippen molar-refractivity contribution >= 4 is 11.6 Å². The lowest BCUT2D eigenvalue weighted by atomic mass is 9.99. The third kappa shape index (κ3) is 2.50. The number of hydrogen-bond donors (Lipinski definition) is 1. The molecule has 0 radical (unpaired) electrons. The fraction of sp³-hybridized carbons (Fsp3) is 0.200. The second-order valence-corrected chi connectivity index (χ2v) is 4.56. The number of aliphatic hydroxyl groups excluding tert-OH is 1. The summed E-state index contributed by atoms with van der Waals surface area (Å²) in [5.74, 6) is 0.726. The van der Waals surface area contributed by atoms with Crippen LogP contribution in [-0.2, 0) is 0 Å². The maximum atomic E-state index is 10.3. The topological polar surface area (TPSA) is 29.5 Å². The predicted molar refractivity (Wildman–Crippen MR) is 73.2 cm³/mol. The summed E-state index contributed by atoms with van der Waals surface area (Å²) >= 11 is 6.18. The molecule has 18 heavy (non-hydrogen) atoms. The summed E-state index contributed by atoms with van der Waals surface area (Å²) in [4.78, 5) is 0. The molecule has 1 unspecified atom stereocenters. The van der Waals surface area contributed by atoms with E-state index in [1.165, 1.54) is 0 Å². The minimum Gasteiger partial charge on any atom is -0.496 e. The van der Waals surface area contributed by atoms with E-state index in [2.05, 4.69) is 0 Å². The number of halogens is 1. The number of ether oxygens (including phenoxy) is 1. The summed E-state index contributed by atoms with van der Waals surface area (Å²) < 4.78 is 5.20. The predicted octanol–water partition coefficient (Wildman–Crippen LogP) is 3.74. The number of rotatable bonds is 3. The van der Waals surface area contributed by atoms with Crippen molar-refractivity contribution in [3.05, 3.63) is 64.2 Å². The lowest BCUT2D eigenvalue weighted by Crippen LogP contribution is -2.01. The molecule has 1 atom stereocenters. The lowest BCUT2D eigenvalue weighted by Gasteiger charge is -2.15. The van der Waals surface area contributed by atoms with Crippen LogP contribution in [0.15, 0.2) is 42.5 Å². The summed E-state index contributed by atoms with van der Waals surface area (Å²) in [6.45, 7) is 1.93. The van der Waals surface area contributed by atoms with Crippen LogP contribution in [0.3, 0.4) is 0 Å². The fourth-order valence-electron chi connectivity index (χ4n) is 1.93. The van der Waals surface area contributed by atoms with Crippen molar-refractivity contribution in [3.63, 3.8) is 0 Å². The van der Waals surface area contributed by atoms with Crippen LogP contribution in [0.1, 0.15) is 22.8 Å². The minimum atomic E-state index is -0.719. The molecule has 2 aromatic rings. The summed E-state index contributed by atoms with van der Waals surface area (Å²) in [5.41, 5.74) is 2.47. The lowest BCUT2D eigenvalue weighted by molar-refractivity contribution is 0.220. The van der Waals surface area contributed by atoms with Crippen LogP contribution in [0.25, 0.3) is 0 Å². The van der Waals surface area contributed by atoms with E-state index in [1.54, 1.807) is 13.2 Å². The molecule has 0 aliphatic heterocycles. The third-order valence-corrected chi connectivity index (χ3v) is 3.25. The van der Waals surface area contributed by atoms with E-state index in [0.717, 1.165) is 16.9 Å². The van der Waals surface area contributed by atoms with Crippen molar-refractivity contribution in [1.29, 1.82) is 0 Å². The van der Waals surface area contributed by atoms with Gasteiger partial charge in [0, 0.05) is 5.56 Å². The molecule has 0 amide bonds. The quantitative estimate of drug-likeness (QED) is 0.913. The van der Waals surface area contributed by atoms with Crippen LogP contribution in [0.2, 0.25) is 5.02 Å². The van der Waals surface area contributed by atoms with Gasteiger partial charge in [0.2, 0.25) is 0 Å². The van der Waals surface area contributed by atoms with Gasteiger partial charge in [-0.3, -0.25) is 0 Å². The highest BCUT2D eigenvalue weighted by Crippen LogP contribution is 2.33. The third-order valence-electron chi connectivity index (χ3n) is 2.92. The molecule has 1 N–H and O–H groups in total. The molecule has 0 fully saturated rings. The second-order valence-electron chi connectivity index (χ2n) is 4.16. The fourth-order valence-corrected chi connectivity index (χ4v) is 2.19. The Morgan fingerprint density at radius 2 is 1.83 bits per heavy atom. The highest BCUT2D eigenvalue weighted by atomic mass is 35.5. The van der Waals surface area contributed by atoms with Crippen molar-refractivity contribution in [2.24, 2.45) is 0 Å². The zero-order valence-electron chi connectivity index (χ0n) is 10.4. The molecule has 2 aromatic carbocycles. The second kappa shape index (κ2) is 5.42. The normalized spacial score (nSPS) is 12.2. The molecule has 3 heteroatoms. The standard InChI is InChI=1S/C15H15ClO2/c1-10-8-12(13(16)9-14(10)18-2)15(17)11-6-4-3-5-7-11/h3-9,15,17H,1-2H3. The van der Waals surface area contributed by atoms with Gasteiger partial charge in [0.1, 0.15) is 11.9 Å². The van der Waals surface area contributed by atoms with E-state index in [-0.39, 0.29) is 0 Å². The highest BCUT2D eigenvalue weighted by molar-refractivity contribution is 6.31. The van der Waals surface area contributed by atoms with Gasteiger partial charge in [-0.25, -0.2) is 0 Å². The number of aliphatic hydroxyl groups is 1. The first-order chi connectivity index (χ1) is 8.63. The van der Waals surface area contributed by atoms with Crippen molar-refractivity contribution in [2.75, 3.05) is 7.11 Å². The molecule has 0 aliphatic carbocycles. The van der Waals surface area contributed by atoms with Crippen LogP contribution >= 0.6 is 11.6 Å². The molecule has 0 heterocycles. The maximum absolute atomic E-state index is 10.3. The Kier molecular flexibility index (Phi) is 3.90. The van der Waals surface area contributed by atoms with Crippen molar-refractivity contribution < 1.29 is 9.84 Å². The first kappa shape index (κ1) is 12.9. The van der Waals surface area contributed by atoms with Crippen molar-refractivity contribution in [3.8, 4) is 5.75 Å². The average Bonchev–Trinajstić information content (AvgIpc) is 2.41. The molecule has 2 nitrogen and oxygen atoms in total. The molecule has 0 aromatic heterocycles. The Morgan fingerprint density at radius 1 is 1.17 bits per heavy atom. The summed E-state index contributed by atoms with van der Waals surface area (Å²) in [6, 6.07) is 13.0. The molecule has 0 bridgehead atoms. The van der Waals surface area contributed by atoms with Gasteiger partial charge in [-0.15, -0.1) is 0 Å². The maximum Gasteiger partial charge on any atom is 0.123 e. The zero-order valence-corrected chi connectivity index (χ0v) is 11.1. The van der Waals surface area contributed by atoms with Crippen molar-refractivity contribution in [2.45, 2.75) is 13.0 Å². The van der Waals surface area contributed by atoms with E-state index >= 15 is 0 Å². The van der Waals surface area contributed by atoms with E-state index in [0.29, 0.717) is 10.6 Å². The molecule has 0 saturated carbocycles. The Bertz CT molecular complexity index is 538. The van der Waals surface area contributed by atoms with Crippen LogP contribution in [0.4, 0.5) is 0 Å². The van der Waals surface area contributed by atoms with Gasteiger partial charge in [-0.05, 0) is 30.2 Å². The van der Waals surface area contributed by atoms with E-state index in [4.69, 9.17) is 16.3 Å². The Labute approximate surface area is 112 Å². The highest BCUT2D eigenvalue weighted by Gasteiger charge is 2.15. The molecular weight excluding hydrogens is 248 g/mol. The van der Waals surface area contributed by atoms with E-state index < -0.39 is 6.10 Å². The largest absolute Gasteiger partial charge is 0.496 e. The van der Waals surface area contributed by atoms with Gasteiger partial charge in [-0.2, -0.15) is 0 Å². The first-order valence-corrected chi connectivity index (χ1v) is 6.08. The van der Waals surface area contributed by atoms with E-state index in [1.807, 2.05) is 43.3 Å². The van der Waals surface area contributed by atoms with Crippen LogP contribution < -0.4 is 4.74 Å². The number of aryl methyl sites for hydroxylation is 1. The van der Waals surface area contributed by atoms with Crippen LogP contribution in [0, 0.1) is 6.92 Å². The smallest absolute Gasteiger partial charge is 0.123 e. The molecule has 0 spiro atoms. The van der Waals surface area contributed by atoms with Gasteiger partial charge in [0.15, 0.2) is 0 Å². The molecule has 94 valence electrons. The Hall–Kier alpha value is -1.51. The summed E-state index contributed by atoms with van der Waals surface area (Å²) in [7, 11) is 1.60. The minimum absolute atomic E-state index is 0.508. The van der Waals surface area contributed by atoms with Gasteiger partial charge in [0.05, 0.1) is 12.1 Å². The van der Waals surface area contributed by atoms with Gasteiger partial charge >= 0.3 is 0 Å². The van der Waals surface area contributed by atoms with Gasteiger partial charge < -0.3 is 9.84 Å². The average molecular weight is 263 g/mol. The van der Waals surface area contributed by atoms with Crippen LogP contribution in [-0.4, -0.2) is 12.2 Å². The van der Waals surface area contributed by atoms with E-state index in [9.17, 15) is 5.11 Å².